The largest absolute Gasteiger partial charge is 0.508 e. The lowest BCUT2D eigenvalue weighted by atomic mass is 10.1. The zero-order valence-electron chi connectivity index (χ0n) is 11.0. The Morgan fingerprint density at radius 1 is 1.00 bits per heavy atom. The number of nitrogens with zero attached hydrogens (tertiary/aromatic N) is 2. The van der Waals surface area contributed by atoms with Gasteiger partial charge in [-0.3, -0.25) is 0 Å². The Labute approximate surface area is 120 Å². The Morgan fingerprint density at radius 2 is 1.81 bits per heavy atom. The number of anilines is 2. The van der Waals surface area contributed by atoms with Crippen molar-refractivity contribution in [1.82, 2.24) is 9.97 Å². The molecule has 0 bridgehead atoms. The molecule has 0 atom stereocenters. The minimum absolute atomic E-state index is 0.200. The van der Waals surface area contributed by atoms with Gasteiger partial charge in [0.05, 0.1) is 5.69 Å². The van der Waals surface area contributed by atoms with E-state index in [2.05, 4.69) is 15.3 Å². The molecule has 0 spiro atoms. The van der Waals surface area contributed by atoms with Gasteiger partial charge in [-0.1, -0.05) is 6.07 Å². The molecule has 4 nitrogen and oxygen atoms in total. The quantitative estimate of drug-likeness (QED) is 0.768. The standard InChI is InChI=1S/C16H12FN3O/c17-12-2-1-3-13(10-12)19-16-18-9-8-15(20-16)11-4-6-14(21)7-5-11/h1-10,21H,(H,18,19,20). The molecule has 3 aromatic rings. The summed E-state index contributed by atoms with van der Waals surface area (Å²) in [4.78, 5) is 8.48. The minimum Gasteiger partial charge on any atom is -0.508 e. The first-order valence-corrected chi connectivity index (χ1v) is 6.36. The molecular formula is C16H12FN3O. The monoisotopic (exact) mass is 281 g/mol. The molecule has 21 heavy (non-hydrogen) atoms. The van der Waals surface area contributed by atoms with Crippen LogP contribution < -0.4 is 5.32 Å². The molecule has 5 heteroatoms. The number of hydrogen-bond acceptors (Lipinski definition) is 4. The van der Waals surface area contributed by atoms with Crippen molar-refractivity contribution < 1.29 is 9.50 Å². The summed E-state index contributed by atoms with van der Waals surface area (Å²) in [6, 6.07) is 14.6. The van der Waals surface area contributed by atoms with Crippen molar-refractivity contribution in [1.29, 1.82) is 0 Å². The highest BCUT2D eigenvalue weighted by molar-refractivity contribution is 5.62. The van der Waals surface area contributed by atoms with Crippen LogP contribution in [0.15, 0.2) is 60.8 Å². The maximum Gasteiger partial charge on any atom is 0.227 e. The van der Waals surface area contributed by atoms with Crippen LogP contribution in [0, 0.1) is 5.82 Å². The van der Waals surface area contributed by atoms with Crippen molar-refractivity contribution in [2.75, 3.05) is 5.32 Å². The lowest BCUT2D eigenvalue weighted by molar-refractivity contribution is 0.475. The fraction of sp³-hybridized carbons (Fsp3) is 0. The zero-order chi connectivity index (χ0) is 14.7. The summed E-state index contributed by atoms with van der Waals surface area (Å²) in [5.74, 6) is 0.256. The fourth-order valence-corrected chi connectivity index (χ4v) is 1.91. The van der Waals surface area contributed by atoms with Gasteiger partial charge in [-0.25, -0.2) is 14.4 Å². The van der Waals surface area contributed by atoms with E-state index in [9.17, 15) is 9.50 Å². The molecule has 1 aromatic heterocycles. The fourth-order valence-electron chi connectivity index (χ4n) is 1.91. The predicted molar refractivity (Wildman–Crippen MR) is 78.8 cm³/mol. The second kappa shape index (κ2) is 5.58. The van der Waals surface area contributed by atoms with Gasteiger partial charge in [0.15, 0.2) is 0 Å². The Morgan fingerprint density at radius 3 is 2.57 bits per heavy atom. The highest BCUT2D eigenvalue weighted by atomic mass is 19.1. The number of rotatable bonds is 3. The van der Waals surface area contributed by atoms with Crippen molar-refractivity contribution in [3.8, 4) is 17.0 Å². The van der Waals surface area contributed by atoms with Gasteiger partial charge in [-0.15, -0.1) is 0 Å². The Kier molecular flexibility index (Phi) is 3.47. The Hall–Kier alpha value is -2.95. The van der Waals surface area contributed by atoms with E-state index in [0.717, 1.165) is 5.56 Å². The molecule has 0 radical (unpaired) electrons. The first-order chi connectivity index (χ1) is 10.2. The van der Waals surface area contributed by atoms with Crippen LogP contribution in [0.3, 0.4) is 0 Å². The summed E-state index contributed by atoms with van der Waals surface area (Å²) < 4.78 is 13.1. The van der Waals surface area contributed by atoms with Gasteiger partial charge in [0, 0.05) is 17.4 Å². The third-order valence-electron chi connectivity index (χ3n) is 2.90. The third-order valence-corrected chi connectivity index (χ3v) is 2.90. The van der Waals surface area contributed by atoms with E-state index in [1.807, 2.05) is 0 Å². The van der Waals surface area contributed by atoms with Gasteiger partial charge < -0.3 is 10.4 Å². The molecule has 0 unspecified atom stereocenters. The number of aromatic hydroxyl groups is 1. The Balaban J connectivity index is 1.88. The van der Waals surface area contributed by atoms with Gasteiger partial charge in [0.2, 0.25) is 5.95 Å². The molecule has 1 heterocycles. The number of benzene rings is 2. The van der Waals surface area contributed by atoms with E-state index in [0.29, 0.717) is 17.3 Å². The molecule has 0 saturated carbocycles. The minimum atomic E-state index is -0.324. The van der Waals surface area contributed by atoms with Crippen molar-refractivity contribution in [2.24, 2.45) is 0 Å². The normalized spacial score (nSPS) is 10.3. The second-order valence-corrected chi connectivity index (χ2v) is 4.45. The summed E-state index contributed by atoms with van der Waals surface area (Å²) >= 11 is 0. The summed E-state index contributed by atoms with van der Waals surface area (Å²) in [6.45, 7) is 0. The van der Waals surface area contributed by atoms with E-state index in [1.165, 1.54) is 12.1 Å². The van der Waals surface area contributed by atoms with Crippen molar-refractivity contribution in [3.63, 3.8) is 0 Å². The average molecular weight is 281 g/mol. The second-order valence-electron chi connectivity index (χ2n) is 4.45. The van der Waals surface area contributed by atoms with E-state index >= 15 is 0 Å². The van der Waals surface area contributed by atoms with Crippen LogP contribution in [0.1, 0.15) is 0 Å². The van der Waals surface area contributed by atoms with Crippen LogP contribution in [0.25, 0.3) is 11.3 Å². The molecule has 2 aromatic carbocycles. The summed E-state index contributed by atoms with van der Waals surface area (Å²) in [7, 11) is 0. The van der Waals surface area contributed by atoms with Crippen molar-refractivity contribution >= 4 is 11.6 Å². The van der Waals surface area contributed by atoms with E-state index in [4.69, 9.17) is 0 Å². The number of phenolic OH excluding ortho intramolecular Hbond substituents is 1. The highest BCUT2D eigenvalue weighted by Crippen LogP contribution is 2.21. The van der Waals surface area contributed by atoms with Crippen molar-refractivity contribution in [3.05, 3.63) is 66.6 Å². The Bertz CT molecular complexity index is 759. The smallest absolute Gasteiger partial charge is 0.227 e. The van der Waals surface area contributed by atoms with Crippen LogP contribution >= 0.6 is 0 Å². The van der Waals surface area contributed by atoms with Gasteiger partial charge in [0.1, 0.15) is 11.6 Å². The van der Waals surface area contributed by atoms with Crippen LogP contribution in [-0.2, 0) is 0 Å². The molecule has 3 rings (SSSR count). The molecule has 0 saturated heterocycles. The highest BCUT2D eigenvalue weighted by Gasteiger charge is 2.03. The van der Waals surface area contributed by atoms with Crippen LogP contribution in [0.5, 0.6) is 5.75 Å². The molecule has 2 N–H and O–H groups in total. The van der Waals surface area contributed by atoms with Crippen LogP contribution in [0.2, 0.25) is 0 Å². The SMILES string of the molecule is Oc1ccc(-c2ccnc(Nc3cccc(F)c3)n2)cc1. The molecule has 104 valence electrons. The average Bonchev–Trinajstić information content (AvgIpc) is 2.48. The molecule has 0 aliphatic rings. The lowest BCUT2D eigenvalue weighted by Gasteiger charge is -2.06. The summed E-state index contributed by atoms with van der Waals surface area (Å²) in [6.07, 6.45) is 1.62. The molecule has 0 amide bonds. The third kappa shape index (κ3) is 3.14. The summed E-state index contributed by atoms with van der Waals surface area (Å²) in [5.41, 5.74) is 2.15. The maximum atomic E-state index is 13.1. The first kappa shape index (κ1) is 13.1. The molecule has 0 aliphatic carbocycles. The van der Waals surface area contributed by atoms with Gasteiger partial charge in [-0.05, 0) is 48.5 Å². The number of hydrogen-bond donors (Lipinski definition) is 2. The maximum absolute atomic E-state index is 13.1. The van der Waals surface area contributed by atoms with Gasteiger partial charge in [0.25, 0.3) is 0 Å². The molecule has 0 fully saturated rings. The number of aromatic nitrogens is 2. The van der Waals surface area contributed by atoms with Gasteiger partial charge in [-0.2, -0.15) is 0 Å². The van der Waals surface area contributed by atoms with E-state index in [-0.39, 0.29) is 11.6 Å². The summed E-state index contributed by atoms with van der Waals surface area (Å²) in [5, 5.41) is 12.3. The van der Waals surface area contributed by atoms with Crippen molar-refractivity contribution in [2.45, 2.75) is 0 Å². The number of halogens is 1. The zero-order valence-corrected chi connectivity index (χ0v) is 11.0. The molecule has 0 aliphatic heterocycles. The van der Waals surface area contributed by atoms with Gasteiger partial charge >= 0.3 is 0 Å². The van der Waals surface area contributed by atoms with Crippen LogP contribution in [-0.4, -0.2) is 15.1 Å². The lowest BCUT2D eigenvalue weighted by Crippen LogP contribution is -1.98. The van der Waals surface area contributed by atoms with Crippen LogP contribution in [0.4, 0.5) is 16.0 Å². The molecular weight excluding hydrogens is 269 g/mol. The van der Waals surface area contributed by atoms with E-state index in [1.54, 1.807) is 48.7 Å². The van der Waals surface area contributed by atoms with E-state index < -0.39 is 0 Å². The first-order valence-electron chi connectivity index (χ1n) is 6.36. The number of nitrogens with one attached hydrogen (secondary N) is 1. The number of phenols is 1. The topological polar surface area (TPSA) is 58.0 Å². The predicted octanol–water partition coefficient (Wildman–Crippen LogP) is 3.73.